The third kappa shape index (κ3) is 4.40. The SMILES string of the molecule is CCCCCCC(=O)N(CC)c1ccc(N)cc1. The molecule has 100 valence electrons. The van der Waals surface area contributed by atoms with E-state index in [9.17, 15) is 4.79 Å². The lowest BCUT2D eigenvalue weighted by molar-refractivity contribution is -0.118. The van der Waals surface area contributed by atoms with Gasteiger partial charge < -0.3 is 10.6 Å². The molecule has 0 unspecified atom stereocenters. The second kappa shape index (κ2) is 7.75. The minimum Gasteiger partial charge on any atom is -0.399 e. The van der Waals surface area contributed by atoms with E-state index >= 15 is 0 Å². The number of unbranched alkanes of at least 4 members (excludes halogenated alkanes) is 3. The van der Waals surface area contributed by atoms with Crippen molar-refractivity contribution in [3.05, 3.63) is 24.3 Å². The van der Waals surface area contributed by atoms with Gasteiger partial charge in [-0.1, -0.05) is 26.2 Å². The summed E-state index contributed by atoms with van der Waals surface area (Å²) < 4.78 is 0. The molecule has 0 saturated heterocycles. The Hall–Kier alpha value is -1.51. The Morgan fingerprint density at radius 3 is 2.33 bits per heavy atom. The number of hydrogen-bond donors (Lipinski definition) is 1. The molecule has 0 radical (unpaired) electrons. The maximum atomic E-state index is 12.1. The fourth-order valence-electron chi connectivity index (χ4n) is 2.00. The third-order valence-electron chi connectivity index (χ3n) is 3.07. The van der Waals surface area contributed by atoms with Gasteiger partial charge in [0.05, 0.1) is 0 Å². The van der Waals surface area contributed by atoms with Crippen LogP contribution in [-0.2, 0) is 4.79 Å². The zero-order valence-corrected chi connectivity index (χ0v) is 11.5. The standard InChI is InChI=1S/C15H24N2O/c1-3-5-6-7-8-15(18)17(4-2)14-11-9-13(16)10-12-14/h9-12H,3-8,16H2,1-2H3. The van der Waals surface area contributed by atoms with Crippen LogP contribution in [0.3, 0.4) is 0 Å². The highest BCUT2D eigenvalue weighted by molar-refractivity contribution is 5.93. The van der Waals surface area contributed by atoms with E-state index in [2.05, 4.69) is 6.92 Å². The van der Waals surface area contributed by atoms with Gasteiger partial charge in [0.25, 0.3) is 0 Å². The quantitative estimate of drug-likeness (QED) is 0.592. The highest BCUT2D eigenvalue weighted by atomic mass is 16.2. The Balaban J connectivity index is 2.54. The summed E-state index contributed by atoms with van der Waals surface area (Å²) in [6.07, 6.45) is 5.17. The summed E-state index contributed by atoms with van der Waals surface area (Å²) in [5.74, 6) is 0.207. The number of carbonyl (C=O) groups is 1. The normalized spacial score (nSPS) is 10.3. The van der Waals surface area contributed by atoms with Crippen molar-refractivity contribution in [1.82, 2.24) is 0 Å². The Morgan fingerprint density at radius 2 is 1.78 bits per heavy atom. The number of nitrogen functional groups attached to an aromatic ring is 1. The van der Waals surface area contributed by atoms with Gasteiger partial charge in [0.15, 0.2) is 0 Å². The summed E-state index contributed by atoms with van der Waals surface area (Å²) in [7, 11) is 0. The van der Waals surface area contributed by atoms with Crippen LogP contribution in [0.1, 0.15) is 46.0 Å². The first-order valence-electron chi connectivity index (χ1n) is 6.85. The summed E-state index contributed by atoms with van der Waals surface area (Å²) in [6.45, 7) is 4.88. The van der Waals surface area contributed by atoms with E-state index in [-0.39, 0.29) is 5.91 Å². The minimum atomic E-state index is 0.207. The molecule has 3 nitrogen and oxygen atoms in total. The van der Waals surface area contributed by atoms with Crippen LogP contribution < -0.4 is 10.6 Å². The number of anilines is 2. The molecule has 3 heteroatoms. The smallest absolute Gasteiger partial charge is 0.226 e. The summed E-state index contributed by atoms with van der Waals surface area (Å²) >= 11 is 0. The Bertz CT molecular complexity index is 359. The Kier molecular flexibility index (Phi) is 6.26. The lowest BCUT2D eigenvalue weighted by Gasteiger charge is -2.21. The fraction of sp³-hybridized carbons (Fsp3) is 0.533. The molecule has 0 saturated carbocycles. The van der Waals surface area contributed by atoms with Gasteiger partial charge in [-0.25, -0.2) is 0 Å². The highest BCUT2D eigenvalue weighted by Gasteiger charge is 2.12. The average molecular weight is 248 g/mol. The van der Waals surface area contributed by atoms with E-state index in [4.69, 9.17) is 5.73 Å². The summed E-state index contributed by atoms with van der Waals surface area (Å²) in [5.41, 5.74) is 7.32. The van der Waals surface area contributed by atoms with Crippen molar-refractivity contribution in [2.24, 2.45) is 0 Å². The molecule has 0 bridgehead atoms. The lowest BCUT2D eigenvalue weighted by atomic mass is 10.1. The van der Waals surface area contributed by atoms with Crippen LogP contribution in [0.4, 0.5) is 11.4 Å². The first-order valence-corrected chi connectivity index (χ1v) is 6.85. The molecule has 0 fully saturated rings. The molecule has 0 heterocycles. The average Bonchev–Trinajstić information content (AvgIpc) is 2.38. The van der Waals surface area contributed by atoms with Crippen LogP contribution in [0.5, 0.6) is 0 Å². The van der Waals surface area contributed by atoms with Crippen molar-refractivity contribution in [2.75, 3.05) is 17.2 Å². The molecule has 1 aromatic carbocycles. The molecule has 18 heavy (non-hydrogen) atoms. The molecule has 0 aliphatic heterocycles. The molecular formula is C15H24N2O. The van der Waals surface area contributed by atoms with Crippen LogP contribution in [0.2, 0.25) is 0 Å². The van der Waals surface area contributed by atoms with Gasteiger partial charge in [-0.2, -0.15) is 0 Å². The van der Waals surface area contributed by atoms with Crippen molar-refractivity contribution in [1.29, 1.82) is 0 Å². The minimum absolute atomic E-state index is 0.207. The van der Waals surface area contributed by atoms with E-state index in [1.54, 1.807) is 0 Å². The lowest BCUT2D eigenvalue weighted by Crippen LogP contribution is -2.30. The first-order chi connectivity index (χ1) is 8.69. The maximum Gasteiger partial charge on any atom is 0.226 e. The first kappa shape index (κ1) is 14.6. The molecule has 1 aromatic rings. The topological polar surface area (TPSA) is 46.3 Å². The molecular weight excluding hydrogens is 224 g/mol. The number of nitrogens with zero attached hydrogens (tertiary/aromatic N) is 1. The van der Waals surface area contributed by atoms with E-state index in [1.807, 2.05) is 36.1 Å². The number of carbonyl (C=O) groups excluding carboxylic acids is 1. The van der Waals surface area contributed by atoms with Crippen LogP contribution in [0, 0.1) is 0 Å². The monoisotopic (exact) mass is 248 g/mol. The molecule has 0 aliphatic rings. The van der Waals surface area contributed by atoms with E-state index in [1.165, 1.54) is 12.8 Å². The van der Waals surface area contributed by atoms with Crippen molar-refractivity contribution in [3.8, 4) is 0 Å². The summed E-state index contributed by atoms with van der Waals surface area (Å²) in [5, 5.41) is 0. The number of nitrogens with two attached hydrogens (primary N) is 1. The van der Waals surface area contributed by atoms with E-state index in [0.717, 1.165) is 24.2 Å². The second-order valence-corrected chi connectivity index (χ2v) is 4.54. The van der Waals surface area contributed by atoms with Gasteiger partial charge in [-0.05, 0) is 37.6 Å². The summed E-state index contributed by atoms with van der Waals surface area (Å²) in [4.78, 5) is 13.9. The van der Waals surface area contributed by atoms with Crippen LogP contribution >= 0.6 is 0 Å². The van der Waals surface area contributed by atoms with Crippen LogP contribution in [0.25, 0.3) is 0 Å². The third-order valence-corrected chi connectivity index (χ3v) is 3.07. The maximum absolute atomic E-state index is 12.1. The number of rotatable bonds is 7. The molecule has 0 aromatic heterocycles. The molecule has 0 aliphatic carbocycles. The molecule has 0 spiro atoms. The molecule has 1 rings (SSSR count). The van der Waals surface area contributed by atoms with Crippen molar-refractivity contribution in [2.45, 2.75) is 46.0 Å². The largest absolute Gasteiger partial charge is 0.399 e. The van der Waals surface area contributed by atoms with Crippen molar-refractivity contribution >= 4 is 17.3 Å². The second-order valence-electron chi connectivity index (χ2n) is 4.54. The fourth-order valence-corrected chi connectivity index (χ4v) is 2.00. The Labute approximate surface area is 110 Å². The van der Waals surface area contributed by atoms with Crippen LogP contribution in [-0.4, -0.2) is 12.5 Å². The molecule has 0 atom stereocenters. The number of hydrogen-bond acceptors (Lipinski definition) is 2. The molecule has 2 N–H and O–H groups in total. The van der Waals surface area contributed by atoms with Gasteiger partial charge in [0.2, 0.25) is 5.91 Å². The van der Waals surface area contributed by atoms with E-state index < -0.39 is 0 Å². The van der Waals surface area contributed by atoms with Gasteiger partial charge in [0.1, 0.15) is 0 Å². The van der Waals surface area contributed by atoms with E-state index in [0.29, 0.717) is 13.0 Å². The van der Waals surface area contributed by atoms with Gasteiger partial charge in [-0.3, -0.25) is 4.79 Å². The number of amides is 1. The predicted octanol–water partition coefficient (Wildman–Crippen LogP) is 3.59. The van der Waals surface area contributed by atoms with Crippen molar-refractivity contribution in [3.63, 3.8) is 0 Å². The zero-order valence-electron chi connectivity index (χ0n) is 11.5. The Morgan fingerprint density at radius 1 is 1.11 bits per heavy atom. The van der Waals surface area contributed by atoms with Crippen molar-refractivity contribution < 1.29 is 4.79 Å². The van der Waals surface area contributed by atoms with Gasteiger partial charge in [0, 0.05) is 24.3 Å². The predicted molar refractivity (Wildman–Crippen MR) is 77.6 cm³/mol. The highest BCUT2D eigenvalue weighted by Crippen LogP contribution is 2.18. The zero-order chi connectivity index (χ0) is 13.4. The van der Waals surface area contributed by atoms with Crippen LogP contribution in [0.15, 0.2) is 24.3 Å². The summed E-state index contributed by atoms with van der Waals surface area (Å²) in [6, 6.07) is 7.48. The molecule has 1 amide bonds. The van der Waals surface area contributed by atoms with Gasteiger partial charge in [-0.15, -0.1) is 0 Å². The number of benzene rings is 1. The van der Waals surface area contributed by atoms with Gasteiger partial charge >= 0.3 is 0 Å².